The van der Waals surface area contributed by atoms with Crippen LogP contribution in [-0.4, -0.2) is 23.8 Å². The first-order chi connectivity index (χ1) is 21.2. The Kier molecular flexibility index (Phi) is 10.1. The summed E-state index contributed by atoms with van der Waals surface area (Å²) in [6.07, 6.45) is 1.45. The molecule has 1 N–H and O–H groups in total. The number of hydrogen-bond donors (Lipinski definition) is 1. The maximum atomic E-state index is 12.6. The Morgan fingerprint density at radius 2 is 1.70 bits per heavy atom. The van der Waals surface area contributed by atoms with Crippen LogP contribution in [0.25, 0.3) is 5.69 Å². The molecule has 0 spiro atoms. The second-order valence-corrected chi connectivity index (χ2v) is 11.9. The summed E-state index contributed by atoms with van der Waals surface area (Å²) >= 11 is 13.5. The molecule has 0 aliphatic carbocycles. The average Bonchev–Trinajstić information content (AvgIpc) is 3.62. The van der Waals surface area contributed by atoms with Gasteiger partial charge in [-0.25, -0.2) is 5.43 Å². The number of halogens is 3. The summed E-state index contributed by atoms with van der Waals surface area (Å²) in [6, 6.07) is 24.4. The number of carbonyl (C=O) groups is 1. The molecule has 0 atom stereocenters. The number of benzene rings is 3. The fourth-order valence-electron chi connectivity index (χ4n) is 4.46. The first kappa shape index (κ1) is 31.4. The zero-order valence-electron chi connectivity index (χ0n) is 24.1. The number of hydrogen-bond acceptors (Lipinski definition) is 6. The van der Waals surface area contributed by atoms with Gasteiger partial charge in [0.2, 0.25) is 0 Å². The van der Waals surface area contributed by atoms with Crippen LogP contribution in [-0.2, 0) is 13.2 Å². The highest BCUT2D eigenvalue weighted by Crippen LogP contribution is 2.37. The van der Waals surface area contributed by atoms with E-state index >= 15 is 0 Å². The normalized spacial score (nSPS) is 11.1. The molecule has 0 bridgehead atoms. The van der Waals surface area contributed by atoms with Crippen LogP contribution in [0.3, 0.4) is 0 Å². The van der Waals surface area contributed by atoms with Crippen LogP contribution >= 0.6 is 43.5 Å². The van der Waals surface area contributed by atoms with E-state index in [1.54, 1.807) is 24.3 Å². The van der Waals surface area contributed by atoms with E-state index in [-0.39, 0.29) is 19.0 Å². The van der Waals surface area contributed by atoms with Crippen molar-refractivity contribution in [3.63, 3.8) is 0 Å². The van der Waals surface area contributed by atoms with Crippen molar-refractivity contribution in [1.29, 1.82) is 0 Å². The summed E-state index contributed by atoms with van der Waals surface area (Å²) in [6.45, 7) is 4.59. The van der Waals surface area contributed by atoms with E-state index in [0.717, 1.165) is 31.6 Å². The highest BCUT2D eigenvalue weighted by Gasteiger charge is 2.14. The Hall–Kier alpha value is -3.99. The lowest BCUT2D eigenvalue weighted by molar-refractivity contribution is 0.0923. The number of aromatic nitrogens is 1. The monoisotopic (exact) mass is 739 g/mol. The van der Waals surface area contributed by atoms with E-state index in [1.165, 1.54) is 13.3 Å². The van der Waals surface area contributed by atoms with Crippen LogP contribution in [0.2, 0.25) is 5.02 Å². The molecule has 0 aliphatic rings. The van der Waals surface area contributed by atoms with Gasteiger partial charge in [0.1, 0.15) is 24.7 Å². The second-order valence-electron chi connectivity index (χ2n) is 9.76. The van der Waals surface area contributed by atoms with Crippen molar-refractivity contribution < 1.29 is 23.4 Å². The first-order valence-corrected chi connectivity index (χ1v) is 15.4. The zero-order valence-corrected chi connectivity index (χ0v) is 28.0. The van der Waals surface area contributed by atoms with Gasteiger partial charge in [0, 0.05) is 31.6 Å². The average molecular weight is 742 g/mol. The molecule has 0 saturated carbocycles. The van der Waals surface area contributed by atoms with E-state index in [1.807, 2.05) is 42.5 Å². The van der Waals surface area contributed by atoms with E-state index < -0.39 is 5.91 Å². The van der Waals surface area contributed by atoms with Gasteiger partial charge in [-0.2, -0.15) is 5.10 Å². The first-order valence-electron chi connectivity index (χ1n) is 13.5. The van der Waals surface area contributed by atoms with Gasteiger partial charge in [-0.3, -0.25) is 4.79 Å². The van der Waals surface area contributed by atoms with E-state index in [9.17, 15) is 4.79 Å². The standard InChI is InChI=1S/C33H28Br2ClN3O5/c1-20-4-5-21(2)39(20)25-8-10-26(11-9-25)42-19-27-12-13-30(44-27)33(40)38-37-17-22-14-29(36)32(31(15-22)41-3)43-18-23-6-7-24(34)16-28(23)35/h4-17H,18-19H2,1-3H3,(H,38,40)/b37-17+. The van der Waals surface area contributed by atoms with Crippen LogP contribution in [0.15, 0.2) is 97.3 Å². The lowest BCUT2D eigenvalue weighted by Gasteiger charge is -2.14. The number of ether oxygens (including phenoxy) is 3. The number of methoxy groups -OCH3 is 1. The van der Waals surface area contributed by atoms with Crippen molar-refractivity contribution in [2.75, 3.05) is 7.11 Å². The lowest BCUT2D eigenvalue weighted by atomic mass is 10.2. The Morgan fingerprint density at radius 3 is 2.41 bits per heavy atom. The second kappa shape index (κ2) is 14.2. The molecule has 2 aromatic heterocycles. The van der Waals surface area contributed by atoms with Crippen molar-refractivity contribution in [1.82, 2.24) is 9.99 Å². The molecular formula is C33H28Br2ClN3O5. The number of hydrazone groups is 1. The maximum Gasteiger partial charge on any atom is 0.307 e. The van der Waals surface area contributed by atoms with Gasteiger partial charge in [-0.1, -0.05) is 49.5 Å². The van der Waals surface area contributed by atoms with Crippen molar-refractivity contribution >= 4 is 55.6 Å². The van der Waals surface area contributed by atoms with Crippen LogP contribution in [0.4, 0.5) is 0 Å². The van der Waals surface area contributed by atoms with Crippen molar-refractivity contribution in [2.45, 2.75) is 27.1 Å². The van der Waals surface area contributed by atoms with Crippen molar-refractivity contribution in [2.24, 2.45) is 5.10 Å². The fraction of sp³-hybridized carbons (Fsp3) is 0.152. The number of nitrogens with zero attached hydrogens (tertiary/aromatic N) is 2. The molecule has 11 heteroatoms. The Balaban J connectivity index is 1.15. The minimum Gasteiger partial charge on any atom is -0.493 e. The SMILES string of the molecule is COc1cc(/C=N/NC(=O)c2ccc(COc3ccc(-n4c(C)ccc4C)cc3)o2)cc(Cl)c1OCc1ccc(Br)cc1Br. The van der Waals surface area contributed by atoms with Crippen LogP contribution in [0.5, 0.6) is 17.2 Å². The molecule has 2 heterocycles. The molecule has 226 valence electrons. The van der Waals surface area contributed by atoms with Crippen molar-refractivity contribution in [3.05, 3.63) is 127 Å². The highest BCUT2D eigenvalue weighted by atomic mass is 79.9. The van der Waals surface area contributed by atoms with E-state index in [0.29, 0.717) is 33.6 Å². The van der Waals surface area contributed by atoms with E-state index in [2.05, 4.69) is 72.9 Å². The molecule has 5 rings (SSSR count). The molecule has 0 aliphatic heterocycles. The third kappa shape index (κ3) is 7.56. The van der Waals surface area contributed by atoms with Crippen LogP contribution in [0, 0.1) is 13.8 Å². The highest BCUT2D eigenvalue weighted by molar-refractivity contribution is 9.11. The number of aryl methyl sites for hydroxylation is 2. The predicted octanol–water partition coefficient (Wildman–Crippen LogP) is 8.80. The minimum atomic E-state index is -0.507. The smallest absolute Gasteiger partial charge is 0.307 e. The van der Waals surface area contributed by atoms with Crippen LogP contribution in [0.1, 0.15) is 38.8 Å². The number of amides is 1. The molecule has 0 unspecified atom stereocenters. The molecule has 0 fully saturated rings. The third-order valence-corrected chi connectivity index (χ3v) is 8.16. The van der Waals surface area contributed by atoms with Gasteiger partial charge >= 0.3 is 5.91 Å². The van der Waals surface area contributed by atoms with Gasteiger partial charge < -0.3 is 23.2 Å². The van der Waals surface area contributed by atoms with Gasteiger partial charge in [0.25, 0.3) is 0 Å². The van der Waals surface area contributed by atoms with E-state index in [4.69, 9.17) is 30.2 Å². The van der Waals surface area contributed by atoms with Gasteiger partial charge in [0.15, 0.2) is 17.3 Å². The van der Waals surface area contributed by atoms with Gasteiger partial charge in [0.05, 0.1) is 18.3 Å². The molecule has 1 amide bonds. The summed E-state index contributed by atoms with van der Waals surface area (Å²) in [5.41, 5.74) is 7.39. The molecule has 0 radical (unpaired) electrons. The fourth-order valence-corrected chi connectivity index (χ4v) is 5.90. The largest absolute Gasteiger partial charge is 0.493 e. The summed E-state index contributed by atoms with van der Waals surface area (Å²) in [5.74, 6) is 1.62. The number of rotatable bonds is 11. The number of carbonyl (C=O) groups excluding carboxylic acids is 1. The van der Waals surface area contributed by atoms with Crippen LogP contribution < -0.4 is 19.6 Å². The summed E-state index contributed by atoms with van der Waals surface area (Å²) in [5, 5.41) is 4.38. The summed E-state index contributed by atoms with van der Waals surface area (Å²) in [4.78, 5) is 12.6. The topological polar surface area (TPSA) is 87.2 Å². The third-order valence-electron chi connectivity index (χ3n) is 6.65. The molecule has 44 heavy (non-hydrogen) atoms. The Morgan fingerprint density at radius 1 is 0.955 bits per heavy atom. The predicted molar refractivity (Wildman–Crippen MR) is 178 cm³/mol. The number of furan rings is 1. The summed E-state index contributed by atoms with van der Waals surface area (Å²) in [7, 11) is 1.52. The minimum absolute atomic E-state index is 0.105. The van der Waals surface area contributed by atoms with Crippen molar-refractivity contribution in [3.8, 4) is 22.9 Å². The Labute approximate surface area is 276 Å². The Bertz CT molecular complexity index is 1800. The van der Waals surface area contributed by atoms with Gasteiger partial charge in [-0.15, -0.1) is 0 Å². The molecule has 5 aromatic rings. The maximum absolute atomic E-state index is 12.6. The number of nitrogens with one attached hydrogen (secondary N) is 1. The van der Waals surface area contributed by atoms with Gasteiger partial charge in [-0.05, 0) is 92.2 Å². The molecule has 0 saturated heterocycles. The quantitative estimate of drug-likeness (QED) is 0.108. The lowest BCUT2D eigenvalue weighted by Crippen LogP contribution is -2.16. The molecule has 8 nitrogen and oxygen atoms in total. The molecule has 3 aromatic carbocycles. The zero-order chi connectivity index (χ0) is 31.2. The summed E-state index contributed by atoms with van der Waals surface area (Å²) < 4.78 is 27.0. The molecular weight excluding hydrogens is 714 g/mol.